The highest BCUT2D eigenvalue weighted by atomic mass is 32.1. The van der Waals surface area contributed by atoms with Crippen LogP contribution >= 0.6 is 12.2 Å². The number of hydrogen-bond donors (Lipinski definition) is 0. The molecule has 0 N–H and O–H groups in total. The zero-order valence-corrected chi connectivity index (χ0v) is 15.2. The molecule has 26 heavy (non-hydrogen) atoms. The van der Waals surface area contributed by atoms with Gasteiger partial charge in [0, 0.05) is 17.9 Å². The normalized spacial score (nSPS) is 12.2. The van der Waals surface area contributed by atoms with Gasteiger partial charge in [0.05, 0.1) is 13.2 Å². The quantitative estimate of drug-likeness (QED) is 0.629. The fraction of sp³-hybridized carbons (Fsp3) is 0.353. The molecule has 3 aromatic rings. The molecule has 0 aliphatic carbocycles. The number of halogens is 3. The van der Waals surface area contributed by atoms with Crippen molar-refractivity contribution in [2.45, 2.75) is 33.2 Å². The molecule has 0 atom stereocenters. The number of aromatic nitrogens is 4. The van der Waals surface area contributed by atoms with Crippen molar-refractivity contribution in [3.8, 4) is 0 Å². The summed E-state index contributed by atoms with van der Waals surface area (Å²) in [7, 11) is 0. The SMILES string of the molecule is Cc1cc(C)n2c(=S)n(CN(Cc3ccccc3)CC(F)(F)F)nc2n1. The van der Waals surface area contributed by atoms with Gasteiger partial charge in [-0.15, -0.1) is 5.10 Å². The van der Waals surface area contributed by atoms with E-state index in [9.17, 15) is 13.2 Å². The molecule has 0 bridgehead atoms. The van der Waals surface area contributed by atoms with Crippen LogP contribution in [0.5, 0.6) is 0 Å². The molecule has 5 nitrogen and oxygen atoms in total. The average molecular weight is 381 g/mol. The van der Waals surface area contributed by atoms with E-state index in [-0.39, 0.29) is 13.2 Å². The van der Waals surface area contributed by atoms with Crippen molar-refractivity contribution < 1.29 is 13.2 Å². The Balaban J connectivity index is 1.93. The third-order valence-electron chi connectivity index (χ3n) is 3.85. The van der Waals surface area contributed by atoms with Gasteiger partial charge < -0.3 is 0 Å². The Morgan fingerprint density at radius 1 is 1.15 bits per heavy atom. The molecule has 0 fully saturated rings. The van der Waals surface area contributed by atoms with E-state index in [1.165, 1.54) is 9.58 Å². The number of alkyl halides is 3. The van der Waals surface area contributed by atoms with Crippen LogP contribution in [0.1, 0.15) is 17.0 Å². The number of nitrogens with zero attached hydrogens (tertiary/aromatic N) is 5. The monoisotopic (exact) mass is 381 g/mol. The van der Waals surface area contributed by atoms with Gasteiger partial charge in [0.2, 0.25) is 4.77 Å². The Morgan fingerprint density at radius 3 is 2.50 bits per heavy atom. The average Bonchev–Trinajstić information content (AvgIpc) is 2.82. The van der Waals surface area contributed by atoms with Gasteiger partial charge >= 0.3 is 6.18 Å². The van der Waals surface area contributed by atoms with Crippen LogP contribution in [0.3, 0.4) is 0 Å². The van der Waals surface area contributed by atoms with Crippen molar-refractivity contribution in [1.82, 2.24) is 24.1 Å². The van der Waals surface area contributed by atoms with Gasteiger partial charge in [0.15, 0.2) is 0 Å². The topological polar surface area (TPSA) is 38.4 Å². The first-order valence-corrected chi connectivity index (χ1v) is 8.40. The summed E-state index contributed by atoms with van der Waals surface area (Å²) in [5.41, 5.74) is 2.41. The summed E-state index contributed by atoms with van der Waals surface area (Å²) in [6, 6.07) is 10.9. The molecule has 0 aliphatic heterocycles. The molecule has 2 aromatic heterocycles. The highest BCUT2D eigenvalue weighted by Crippen LogP contribution is 2.19. The van der Waals surface area contributed by atoms with Crippen LogP contribution in [0.4, 0.5) is 13.2 Å². The summed E-state index contributed by atoms with van der Waals surface area (Å²) in [6.45, 7) is 2.71. The Morgan fingerprint density at radius 2 is 1.85 bits per heavy atom. The summed E-state index contributed by atoms with van der Waals surface area (Å²) in [5.74, 6) is 0.388. The van der Waals surface area contributed by atoms with Gasteiger partial charge in [0.25, 0.3) is 5.78 Å². The molecule has 0 saturated heterocycles. The van der Waals surface area contributed by atoms with E-state index in [4.69, 9.17) is 12.2 Å². The van der Waals surface area contributed by atoms with Crippen LogP contribution < -0.4 is 0 Å². The zero-order chi connectivity index (χ0) is 18.9. The van der Waals surface area contributed by atoms with Crippen LogP contribution in [-0.4, -0.2) is 36.8 Å². The van der Waals surface area contributed by atoms with Crippen LogP contribution in [-0.2, 0) is 13.2 Å². The Kier molecular flexibility index (Phi) is 5.10. The summed E-state index contributed by atoms with van der Waals surface area (Å²) >= 11 is 5.40. The van der Waals surface area contributed by atoms with Crippen molar-refractivity contribution in [3.63, 3.8) is 0 Å². The lowest BCUT2D eigenvalue weighted by Gasteiger charge is -2.23. The first kappa shape index (κ1) is 18.5. The van der Waals surface area contributed by atoms with Gasteiger partial charge in [-0.3, -0.25) is 9.30 Å². The van der Waals surface area contributed by atoms with E-state index in [1.54, 1.807) is 28.7 Å². The summed E-state index contributed by atoms with van der Waals surface area (Å²) in [5, 5.41) is 4.30. The standard InChI is InChI=1S/C17H18F3N5S/c1-12-8-13(2)25-15(21-12)22-24(16(25)26)11-23(10-17(18,19)20)9-14-6-4-3-5-7-14/h3-8H,9-11H2,1-2H3. The predicted octanol–water partition coefficient (Wildman–Crippen LogP) is 3.90. The van der Waals surface area contributed by atoms with E-state index in [2.05, 4.69) is 10.1 Å². The minimum absolute atomic E-state index is 0.0743. The minimum Gasteiger partial charge on any atom is -0.271 e. The fourth-order valence-corrected chi connectivity index (χ4v) is 3.19. The lowest BCUT2D eigenvalue weighted by atomic mass is 10.2. The Labute approximate surface area is 153 Å². The van der Waals surface area contributed by atoms with E-state index in [0.29, 0.717) is 10.5 Å². The van der Waals surface area contributed by atoms with Crippen molar-refractivity contribution in [1.29, 1.82) is 0 Å². The van der Waals surface area contributed by atoms with Gasteiger partial charge in [-0.05, 0) is 37.7 Å². The number of benzene rings is 1. The molecule has 9 heteroatoms. The maximum absolute atomic E-state index is 13.0. The summed E-state index contributed by atoms with van der Waals surface area (Å²) in [6.07, 6.45) is -4.32. The number of fused-ring (bicyclic) bond motifs is 1. The molecule has 1 aromatic carbocycles. The van der Waals surface area contributed by atoms with Gasteiger partial charge in [-0.25, -0.2) is 9.67 Å². The molecular formula is C17H18F3N5S. The third-order valence-corrected chi connectivity index (χ3v) is 4.25. The maximum Gasteiger partial charge on any atom is 0.401 e. The number of aryl methyl sites for hydroxylation is 2. The second kappa shape index (κ2) is 7.16. The second-order valence-electron chi connectivity index (χ2n) is 6.19. The molecular weight excluding hydrogens is 363 g/mol. The molecule has 0 spiro atoms. The first-order valence-electron chi connectivity index (χ1n) is 8.00. The third kappa shape index (κ3) is 4.28. The molecule has 0 aliphatic rings. The lowest BCUT2D eigenvalue weighted by Crippen LogP contribution is -2.35. The van der Waals surface area contributed by atoms with Crippen molar-refractivity contribution >= 4 is 18.0 Å². The second-order valence-corrected chi connectivity index (χ2v) is 6.55. The van der Waals surface area contributed by atoms with Crippen molar-refractivity contribution in [3.05, 3.63) is 58.1 Å². The van der Waals surface area contributed by atoms with E-state index in [1.807, 2.05) is 26.0 Å². The van der Waals surface area contributed by atoms with Crippen LogP contribution in [0.15, 0.2) is 36.4 Å². The van der Waals surface area contributed by atoms with E-state index < -0.39 is 12.7 Å². The van der Waals surface area contributed by atoms with E-state index >= 15 is 0 Å². The van der Waals surface area contributed by atoms with E-state index in [0.717, 1.165) is 17.0 Å². The molecule has 3 rings (SSSR count). The maximum atomic E-state index is 13.0. The van der Waals surface area contributed by atoms with Crippen molar-refractivity contribution in [2.75, 3.05) is 6.54 Å². The lowest BCUT2D eigenvalue weighted by molar-refractivity contribution is -0.151. The van der Waals surface area contributed by atoms with Crippen LogP contribution in [0.25, 0.3) is 5.78 Å². The molecule has 0 saturated carbocycles. The molecule has 138 valence electrons. The Hall–Kier alpha value is -2.26. The highest BCUT2D eigenvalue weighted by Gasteiger charge is 2.31. The van der Waals surface area contributed by atoms with Gasteiger partial charge in [-0.2, -0.15) is 13.2 Å². The molecule has 2 heterocycles. The van der Waals surface area contributed by atoms with Crippen LogP contribution in [0.2, 0.25) is 0 Å². The largest absolute Gasteiger partial charge is 0.401 e. The first-order chi connectivity index (χ1) is 12.2. The summed E-state index contributed by atoms with van der Waals surface area (Å²) < 4.78 is 42.4. The zero-order valence-electron chi connectivity index (χ0n) is 14.4. The summed E-state index contributed by atoms with van der Waals surface area (Å²) in [4.78, 5) is 5.57. The molecule has 0 radical (unpaired) electrons. The predicted molar refractivity (Wildman–Crippen MR) is 94.2 cm³/mol. The Bertz CT molecular complexity index is 962. The smallest absolute Gasteiger partial charge is 0.271 e. The minimum atomic E-state index is -4.32. The number of rotatable bonds is 5. The molecule has 0 unspecified atom stereocenters. The van der Waals surface area contributed by atoms with Crippen molar-refractivity contribution in [2.24, 2.45) is 0 Å². The fourth-order valence-electron chi connectivity index (χ4n) is 2.87. The highest BCUT2D eigenvalue weighted by molar-refractivity contribution is 7.71. The van der Waals surface area contributed by atoms with Gasteiger partial charge in [0.1, 0.15) is 0 Å². The number of hydrogen-bond acceptors (Lipinski definition) is 4. The molecule has 0 amide bonds. The van der Waals surface area contributed by atoms with Crippen LogP contribution in [0, 0.1) is 18.6 Å². The van der Waals surface area contributed by atoms with Gasteiger partial charge in [-0.1, -0.05) is 30.3 Å².